The Bertz CT molecular complexity index is 823. The van der Waals surface area contributed by atoms with E-state index in [0.29, 0.717) is 0 Å². The van der Waals surface area contributed by atoms with Crippen molar-refractivity contribution in [2.75, 3.05) is 0 Å². The fourth-order valence-electron chi connectivity index (χ4n) is 2.54. The fourth-order valence-corrected chi connectivity index (χ4v) is 4.14. The minimum absolute atomic E-state index is 0. The molecule has 1 aliphatic rings. The molecule has 2 N–H and O–H groups in total. The number of sulfonamides is 1. The number of hydrogen-bond acceptors (Lipinski definition) is 3. The summed E-state index contributed by atoms with van der Waals surface area (Å²) < 4.78 is 27.4. The van der Waals surface area contributed by atoms with Gasteiger partial charge in [-0.15, -0.1) is 12.4 Å². The van der Waals surface area contributed by atoms with E-state index < -0.39 is 10.0 Å². The van der Waals surface area contributed by atoms with Crippen LogP contribution < -0.4 is 10.0 Å². The van der Waals surface area contributed by atoms with Gasteiger partial charge in [0.1, 0.15) is 4.90 Å². The lowest BCUT2D eigenvalue weighted by atomic mass is 10.1. The maximum absolute atomic E-state index is 12.4. The molecule has 2 aromatic rings. The summed E-state index contributed by atoms with van der Waals surface area (Å²) in [6.45, 7) is 3.74. The van der Waals surface area contributed by atoms with E-state index in [0.717, 1.165) is 24.2 Å². The summed E-state index contributed by atoms with van der Waals surface area (Å²) in [5.41, 5.74) is 4.18. The van der Waals surface area contributed by atoms with Crippen molar-refractivity contribution in [3.8, 4) is 0 Å². The number of rotatable bonds is 4. The summed E-state index contributed by atoms with van der Waals surface area (Å²) in [5.74, 6) is 0. The number of aryl methyl sites for hydroxylation is 1. The van der Waals surface area contributed by atoms with Gasteiger partial charge in [-0.05, 0) is 35.2 Å². The van der Waals surface area contributed by atoms with Gasteiger partial charge in [-0.3, -0.25) is 0 Å². The van der Waals surface area contributed by atoms with E-state index in [1.54, 1.807) is 19.1 Å². The molecule has 0 fully saturated rings. The Morgan fingerprint density at radius 1 is 1.17 bits per heavy atom. The van der Waals surface area contributed by atoms with Crippen LogP contribution in [0.3, 0.4) is 0 Å². The Labute approximate surface area is 147 Å². The highest BCUT2D eigenvalue weighted by Crippen LogP contribution is 2.25. The molecule has 3 rings (SSSR count). The first-order valence-electron chi connectivity index (χ1n) is 7.03. The second kappa shape index (κ2) is 7.20. The monoisotopic (exact) mass is 372 g/mol. The first kappa shape index (κ1) is 18.2. The molecule has 23 heavy (non-hydrogen) atoms. The Balaban J connectivity index is 0.00000192. The smallest absolute Gasteiger partial charge is 0.242 e. The van der Waals surface area contributed by atoms with Crippen molar-refractivity contribution in [2.24, 2.45) is 0 Å². The average molecular weight is 373 g/mol. The van der Waals surface area contributed by atoms with E-state index in [1.165, 1.54) is 17.2 Å². The van der Waals surface area contributed by atoms with Gasteiger partial charge in [-0.2, -0.15) is 0 Å². The van der Waals surface area contributed by atoms with E-state index in [2.05, 4.69) is 10.0 Å². The predicted octanol–water partition coefficient (Wildman–Crippen LogP) is 3.15. The second-order valence-electron chi connectivity index (χ2n) is 5.42. The first-order chi connectivity index (χ1) is 10.5. The van der Waals surface area contributed by atoms with E-state index >= 15 is 0 Å². The lowest BCUT2D eigenvalue weighted by Crippen LogP contribution is -2.23. The molecule has 0 bridgehead atoms. The van der Waals surface area contributed by atoms with Crippen molar-refractivity contribution in [1.29, 1.82) is 0 Å². The van der Waals surface area contributed by atoms with Crippen LogP contribution in [0.5, 0.6) is 0 Å². The molecule has 0 aromatic heterocycles. The molecule has 7 heteroatoms. The lowest BCUT2D eigenvalue weighted by Gasteiger charge is -2.10. The highest BCUT2D eigenvalue weighted by Gasteiger charge is 2.19. The zero-order valence-corrected chi connectivity index (χ0v) is 15.0. The van der Waals surface area contributed by atoms with Crippen LogP contribution in [-0.2, 0) is 29.7 Å². The van der Waals surface area contributed by atoms with Crippen LogP contribution in [0.4, 0.5) is 0 Å². The molecule has 1 aliphatic heterocycles. The van der Waals surface area contributed by atoms with E-state index in [1.807, 2.05) is 18.2 Å². The highest BCUT2D eigenvalue weighted by molar-refractivity contribution is 7.89. The number of hydrogen-bond donors (Lipinski definition) is 2. The Hall–Kier alpha value is -1.11. The maximum Gasteiger partial charge on any atom is 0.242 e. The average Bonchev–Trinajstić information content (AvgIpc) is 2.95. The summed E-state index contributed by atoms with van der Waals surface area (Å²) in [4.78, 5) is 0.122. The van der Waals surface area contributed by atoms with Gasteiger partial charge >= 0.3 is 0 Å². The minimum atomic E-state index is -3.62. The van der Waals surface area contributed by atoms with Crippen LogP contribution in [0.2, 0.25) is 5.02 Å². The third-order valence-electron chi connectivity index (χ3n) is 3.81. The van der Waals surface area contributed by atoms with Gasteiger partial charge in [0.05, 0.1) is 5.02 Å². The van der Waals surface area contributed by atoms with Gasteiger partial charge in [-0.1, -0.05) is 41.9 Å². The van der Waals surface area contributed by atoms with Gasteiger partial charge in [-0.25, -0.2) is 13.1 Å². The number of benzene rings is 2. The quantitative estimate of drug-likeness (QED) is 0.866. The van der Waals surface area contributed by atoms with Crippen LogP contribution in [0.1, 0.15) is 22.3 Å². The van der Waals surface area contributed by atoms with Gasteiger partial charge in [0.2, 0.25) is 10.0 Å². The topological polar surface area (TPSA) is 58.2 Å². The van der Waals surface area contributed by atoms with Crippen LogP contribution in [0.15, 0.2) is 41.3 Å². The SMILES string of the molecule is Cc1cccc(S(=O)(=O)NCc2ccc3c(c2)CNC3)c1Cl.Cl. The Morgan fingerprint density at radius 2 is 1.91 bits per heavy atom. The Morgan fingerprint density at radius 3 is 2.70 bits per heavy atom. The van der Waals surface area contributed by atoms with Crippen molar-refractivity contribution in [3.63, 3.8) is 0 Å². The summed E-state index contributed by atoms with van der Waals surface area (Å²) >= 11 is 6.11. The first-order valence-corrected chi connectivity index (χ1v) is 8.90. The summed E-state index contributed by atoms with van der Waals surface area (Å²) in [7, 11) is -3.62. The molecule has 0 radical (unpaired) electrons. The van der Waals surface area contributed by atoms with Crippen LogP contribution in [0, 0.1) is 6.92 Å². The predicted molar refractivity (Wildman–Crippen MR) is 94.4 cm³/mol. The molecule has 2 aromatic carbocycles. The molecule has 0 atom stereocenters. The van der Waals surface area contributed by atoms with E-state index in [-0.39, 0.29) is 28.9 Å². The fraction of sp³-hybridized carbons (Fsp3) is 0.250. The highest BCUT2D eigenvalue weighted by atomic mass is 35.5. The molecular formula is C16H18Cl2N2O2S. The normalized spacial score (nSPS) is 13.5. The number of halogens is 2. The van der Waals surface area contributed by atoms with Gasteiger partial charge < -0.3 is 5.32 Å². The molecule has 124 valence electrons. The lowest BCUT2D eigenvalue weighted by molar-refractivity contribution is 0.581. The summed E-state index contributed by atoms with van der Waals surface area (Å²) in [5, 5.41) is 3.54. The van der Waals surface area contributed by atoms with Gasteiger partial charge in [0.25, 0.3) is 0 Å². The van der Waals surface area contributed by atoms with E-state index in [4.69, 9.17) is 11.6 Å². The largest absolute Gasteiger partial charge is 0.309 e. The van der Waals surface area contributed by atoms with Crippen molar-refractivity contribution < 1.29 is 8.42 Å². The van der Waals surface area contributed by atoms with Crippen molar-refractivity contribution in [3.05, 3.63) is 63.7 Å². The molecule has 4 nitrogen and oxygen atoms in total. The van der Waals surface area contributed by atoms with Crippen molar-refractivity contribution >= 4 is 34.0 Å². The summed E-state index contributed by atoms with van der Waals surface area (Å²) in [6, 6.07) is 11.0. The molecule has 0 aliphatic carbocycles. The molecule has 0 saturated heterocycles. The van der Waals surface area contributed by atoms with Gasteiger partial charge in [0, 0.05) is 19.6 Å². The molecule has 0 saturated carbocycles. The third kappa shape index (κ3) is 3.87. The molecule has 0 spiro atoms. The molecule has 0 unspecified atom stereocenters. The number of nitrogens with one attached hydrogen (secondary N) is 2. The molecule has 0 amide bonds. The maximum atomic E-state index is 12.4. The zero-order chi connectivity index (χ0) is 15.7. The summed E-state index contributed by atoms with van der Waals surface area (Å²) in [6.07, 6.45) is 0. The standard InChI is InChI=1S/C16H17ClN2O2S.ClH/c1-11-3-2-4-15(16(11)17)22(20,21)19-8-12-5-6-13-9-18-10-14(13)7-12;/h2-7,18-19H,8-10H2,1H3;1H. The van der Waals surface area contributed by atoms with Crippen LogP contribution in [-0.4, -0.2) is 8.42 Å². The third-order valence-corrected chi connectivity index (χ3v) is 5.87. The van der Waals surface area contributed by atoms with Crippen molar-refractivity contribution in [1.82, 2.24) is 10.0 Å². The van der Waals surface area contributed by atoms with Gasteiger partial charge in [0.15, 0.2) is 0 Å². The molecular weight excluding hydrogens is 355 g/mol. The number of fused-ring (bicyclic) bond motifs is 1. The second-order valence-corrected chi connectivity index (χ2v) is 7.53. The Kier molecular flexibility index (Phi) is 5.70. The van der Waals surface area contributed by atoms with Crippen LogP contribution >= 0.6 is 24.0 Å². The van der Waals surface area contributed by atoms with Crippen LogP contribution in [0.25, 0.3) is 0 Å². The van der Waals surface area contributed by atoms with E-state index in [9.17, 15) is 8.42 Å². The van der Waals surface area contributed by atoms with Crippen molar-refractivity contribution in [2.45, 2.75) is 31.5 Å². The molecule has 1 heterocycles. The zero-order valence-electron chi connectivity index (χ0n) is 12.6. The minimum Gasteiger partial charge on any atom is -0.309 e.